The van der Waals surface area contributed by atoms with Crippen LogP contribution in [0.1, 0.15) is 32.1 Å². The molecule has 3 heteroatoms. The second-order valence-corrected chi connectivity index (χ2v) is 4.88. The van der Waals surface area contributed by atoms with Crippen molar-refractivity contribution in [3.05, 3.63) is 0 Å². The minimum Gasteiger partial charge on any atom is -0.381 e. The summed E-state index contributed by atoms with van der Waals surface area (Å²) in [5.74, 6) is 0. The molecule has 2 rings (SSSR count). The molecule has 1 N–H and O–H groups in total. The van der Waals surface area contributed by atoms with Gasteiger partial charge in [0.1, 0.15) is 0 Å². The Bertz CT molecular complexity index is 174. The molecule has 1 aliphatic heterocycles. The number of piperidine rings is 1. The van der Waals surface area contributed by atoms with E-state index in [-0.39, 0.29) is 0 Å². The van der Waals surface area contributed by atoms with Crippen molar-refractivity contribution in [1.82, 2.24) is 10.2 Å². The van der Waals surface area contributed by atoms with E-state index >= 15 is 0 Å². The lowest BCUT2D eigenvalue weighted by molar-refractivity contribution is 0.0168. The number of nitrogens with one attached hydrogen (secondary N) is 1. The highest BCUT2D eigenvalue weighted by molar-refractivity contribution is 4.85. The summed E-state index contributed by atoms with van der Waals surface area (Å²) in [5, 5.41) is 3.61. The predicted octanol–water partition coefficient (Wildman–Crippen LogP) is 1.24. The summed E-state index contributed by atoms with van der Waals surface area (Å²) in [4.78, 5) is 2.59. The molecule has 2 aliphatic rings. The molecular formula is C12H24N2O. The van der Waals surface area contributed by atoms with E-state index in [2.05, 4.69) is 10.2 Å². The molecule has 2 fully saturated rings. The maximum Gasteiger partial charge on any atom is 0.0601 e. The molecule has 0 bridgehead atoms. The van der Waals surface area contributed by atoms with Gasteiger partial charge in [-0.1, -0.05) is 6.42 Å². The van der Waals surface area contributed by atoms with Crippen LogP contribution in [0.4, 0.5) is 0 Å². The lowest BCUT2D eigenvalue weighted by atomic mass is 9.89. The Labute approximate surface area is 93.2 Å². The van der Waals surface area contributed by atoms with Crippen LogP contribution >= 0.6 is 0 Å². The van der Waals surface area contributed by atoms with Crippen molar-refractivity contribution < 1.29 is 4.74 Å². The van der Waals surface area contributed by atoms with Gasteiger partial charge in [0.2, 0.25) is 0 Å². The largest absolute Gasteiger partial charge is 0.381 e. The van der Waals surface area contributed by atoms with Crippen molar-refractivity contribution in [2.45, 2.75) is 44.2 Å². The number of nitrogens with zero attached hydrogens (tertiary/aromatic N) is 1. The molecule has 0 amide bonds. The summed E-state index contributed by atoms with van der Waals surface area (Å²) in [7, 11) is 1.81. The summed E-state index contributed by atoms with van der Waals surface area (Å²) >= 11 is 0. The molecule has 0 spiro atoms. The van der Waals surface area contributed by atoms with E-state index in [9.17, 15) is 0 Å². The second kappa shape index (κ2) is 5.83. The third-order valence-corrected chi connectivity index (χ3v) is 3.74. The van der Waals surface area contributed by atoms with Crippen molar-refractivity contribution in [1.29, 1.82) is 0 Å². The van der Waals surface area contributed by atoms with Crippen LogP contribution in [0.2, 0.25) is 0 Å². The van der Waals surface area contributed by atoms with Crippen LogP contribution in [-0.2, 0) is 4.74 Å². The van der Waals surface area contributed by atoms with Gasteiger partial charge in [-0.05, 0) is 38.8 Å². The Morgan fingerprint density at radius 3 is 2.60 bits per heavy atom. The Morgan fingerprint density at radius 2 is 1.93 bits per heavy atom. The molecule has 1 saturated carbocycles. The highest BCUT2D eigenvalue weighted by Gasteiger charge is 2.28. The van der Waals surface area contributed by atoms with Gasteiger partial charge in [-0.2, -0.15) is 0 Å². The second-order valence-electron chi connectivity index (χ2n) is 4.88. The van der Waals surface area contributed by atoms with E-state index in [4.69, 9.17) is 4.74 Å². The predicted molar refractivity (Wildman–Crippen MR) is 62.1 cm³/mol. The summed E-state index contributed by atoms with van der Waals surface area (Å²) in [6.07, 6.45) is 7.16. The third kappa shape index (κ3) is 3.44. The van der Waals surface area contributed by atoms with Crippen LogP contribution in [-0.4, -0.2) is 50.3 Å². The molecule has 1 saturated heterocycles. The minimum atomic E-state index is 0.525. The highest BCUT2D eigenvalue weighted by Crippen LogP contribution is 2.22. The number of ether oxygens (including phenoxy) is 1. The van der Waals surface area contributed by atoms with Crippen LogP contribution in [0.15, 0.2) is 0 Å². The zero-order chi connectivity index (χ0) is 10.5. The fourth-order valence-electron chi connectivity index (χ4n) is 2.53. The molecule has 1 heterocycles. The minimum absolute atomic E-state index is 0.525. The number of likely N-dealkylation sites (tertiary alicyclic amines) is 1. The highest BCUT2D eigenvalue weighted by atomic mass is 16.5. The van der Waals surface area contributed by atoms with E-state index in [0.717, 1.165) is 12.6 Å². The van der Waals surface area contributed by atoms with Gasteiger partial charge < -0.3 is 15.0 Å². The van der Waals surface area contributed by atoms with E-state index in [1.54, 1.807) is 0 Å². The monoisotopic (exact) mass is 212 g/mol. The first-order valence-corrected chi connectivity index (χ1v) is 6.37. The van der Waals surface area contributed by atoms with Crippen molar-refractivity contribution in [3.63, 3.8) is 0 Å². The molecule has 15 heavy (non-hydrogen) atoms. The van der Waals surface area contributed by atoms with Gasteiger partial charge in [-0.3, -0.25) is 0 Å². The molecule has 0 aromatic heterocycles. The first-order valence-electron chi connectivity index (χ1n) is 6.37. The first-order chi connectivity index (χ1) is 7.38. The first kappa shape index (κ1) is 11.4. The molecular weight excluding hydrogens is 188 g/mol. The summed E-state index contributed by atoms with van der Waals surface area (Å²) in [6, 6.07) is 0.722. The maximum absolute atomic E-state index is 5.26. The van der Waals surface area contributed by atoms with Crippen LogP contribution in [0.5, 0.6) is 0 Å². The summed E-state index contributed by atoms with van der Waals surface area (Å²) in [6.45, 7) is 5.01. The Morgan fingerprint density at radius 1 is 1.20 bits per heavy atom. The van der Waals surface area contributed by atoms with E-state index in [1.165, 1.54) is 51.7 Å². The quantitative estimate of drug-likeness (QED) is 0.742. The molecule has 0 atom stereocenters. The lowest BCUT2D eigenvalue weighted by Gasteiger charge is -2.35. The van der Waals surface area contributed by atoms with Gasteiger partial charge in [0, 0.05) is 26.2 Å². The number of methoxy groups -OCH3 is 1. The Hall–Kier alpha value is -0.120. The van der Waals surface area contributed by atoms with E-state index < -0.39 is 0 Å². The molecule has 88 valence electrons. The van der Waals surface area contributed by atoms with E-state index in [1.807, 2.05) is 7.11 Å². The zero-order valence-corrected chi connectivity index (χ0v) is 9.87. The average molecular weight is 212 g/mol. The number of rotatable bonds is 5. The molecule has 1 aliphatic carbocycles. The molecule has 0 unspecified atom stereocenters. The Balaban J connectivity index is 1.48. The fraction of sp³-hybridized carbons (Fsp3) is 1.00. The van der Waals surface area contributed by atoms with Gasteiger partial charge in [0.05, 0.1) is 6.10 Å². The van der Waals surface area contributed by atoms with Gasteiger partial charge >= 0.3 is 0 Å². The van der Waals surface area contributed by atoms with Crippen molar-refractivity contribution in [2.24, 2.45) is 0 Å². The standard InChI is InChI=1S/C12H24N2O/c1-15-12-9-11(10-12)13-5-8-14-6-3-2-4-7-14/h11-13H,2-10H2,1H3. The van der Waals surface area contributed by atoms with E-state index in [0.29, 0.717) is 6.10 Å². The molecule has 3 nitrogen and oxygen atoms in total. The van der Waals surface area contributed by atoms with Crippen molar-refractivity contribution >= 4 is 0 Å². The zero-order valence-electron chi connectivity index (χ0n) is 9.87. The Kier molecular flexibility index (Phi) is 4.42. The lowest BCUT2D eigenvalue weighted by Crippen LogP contribution is -2.47. The van der Waals surface area contributed by atoms with Crippen LogP contribution < -0.4 is 5.32 Å². The molecule has 0 aromatic rings. The third-order valence-electron chi connectivity index (χ3n) is 3.74. The van der Waals surface area contributed by atoms with Crippen LogP contribution in [0.25, 0.3) is 0 Å². The van der Waals surface area contributed by atoms with Crippen LogP contribution in [0, 0.1) is 0 Å². The van der Waals surface area contributed by atoms with Crippen molar-refractivity contribution in [3.8, 4) is 0 Å². The summed E-state index contributed by atoms with van der Waals surface area (Å²) < 4.78 is 5.26. The maximum atomic E-state index is 5.26. The van der Waals surface area contributed by atoms with Gasteiger partial charge in [0.25, 0.3) is 0 Å². The van der Waals surface area contributed by atoms with Gasteiger partial charge in [-0.25, -0.2) is 0 Å². The van der Waals surface area contributed by atoms with Crippen LogP contribution in [0.3, 0.4) is 0 Å². The summed E-state index contributed by atoms with van der Waals surface area (Å²) in [5.41, 5.74) is 0. The smallest absolute Gasteiger partial charge is 0.0601 e. The molecule has 0 radical (unpaired) electrons. The topological polar surface area (TPSA) is 24.5 Å². The van der Waals surface area contributed by atoms with Crippen molar-refractivity contribution in [2.75, 3.05) is 33.3 Å². The number of hydrogen-bond donors (Lipinski definition) is 1. The van der Waals surface area contributed by atoms with Gasteiger partial charge in [-0.15, -0.1) is 0 Å². The SMILES string of the molecule is COC1CC(NCCN2CCCCC2)C1. The fourth-order valence-corrected chi connectivity index (χ4v) is 2.53. The normalized spacial score (nSPS) is 32.6. The number of hydrogen-bond acceptors (Lipinski definition) is 3. The van der Waals surface area contributed by atoms with Gasteiger partial charge in [0.15, 0.2) is 0 Å². The average Bonchev–Trinajstić information content (AvgIpc) is 2.23. The molecule has 0 aromatic carbocycles.